The number of halogens is 1. The molecule has 0 saturated carbocycles. The van der Waals surface area contributed by atoms with Gasteiger partial charge in [-0.05, 0) is 13.3 Å². The number of aryl methyl sites for hydroxylation is 2. The second-order valence-electron chi connectivity index (χ2n) is 3.81. The van der Waals surface area contributed by atoms with Gasteiger partial charge in [-0.2, -0.15) is 5.10 Å². The average molecular weight is 272 g/mol. The first-order chi connectivity index (χ1) is 8.15. The fourth-order valence-corrected chi connectivity index (χ4v) is 2.76. The molecule has 0 aliphatic heterocycles. The molecule has 2 heterocycles. The van der Waals surface area contributed by atoms with E-state index in [1.807, 2.05) is 6.92 Å². The molecule has 1 unspecified atom stereocenters. The third-order valence-corrected chi connectivity index (χ3v) is 3.83. The Morgan fingerprint density at radius 2 is 2.35 bits per heavy atom. The van der Waals surface area contributed by atoms with Crippen LogP contribution in [0.3, 0.4) is 0 Å². The molecular formula is C11H14ClN3OS. The fraction of sp³-hybridized carbons (Fsp3) is 0.455. The van der Waals surface area contributed by atoms with Crippen molar-refractivity contribution in [3.05, 3.63) is 33.0 Å². The van der Waals surface area contributed by atoms with Gasteiger partial charge < -0.3 is 5.11 Å². The molecule has 6 heteroatoms. The van der Waals surface area contributed by atoms with Crippen LogP contribution in [0.25, 0.3) is 0 Å². The number of aliphatic hydroxyl groups is 1. The van der Waals surface area contributed by atoms with E-state index in [1.54, 1.807) is 16.4 Å². The summed E-state index contributed by atoms with van der Waals surface area (Å²) in [5.74, 6) is 0. The number of aromatic nitrogens is 3. The third kappa shape index (κ3) is 2.36. The first kappa shape index (κ1) is 12.5. The van der Waals surface area contributed by atoms with Crippen molar-refractivity contribution in [2.75, 3.05) is 0 Å². The van der Waals surface area contributed by atoms with E-state index in [0.29, 0.717) is 10.7 Å². The van der Waals surface area contributed by atoms with Gasteiger partial charge in [0.25, 0.3) is 0 Å². The SMILES string of the molecule is CCCn1ncc(Cl)c1C(O)c1scnc1C. The second-order valence-corrected chi connectivity index (χ2v) is 5.10. The molecule has 0 bridgehead atoms. The van der Waals surface area contributed by atoms with E-state index in [-0.39, 0.29) is 0 Å². The topological polar surface area (TPSA) is 50.9 Å². The van der Waals surface area contributed by atoms with Crippen molar-refractivity contribution in [3.8, 4) is 0 Å². The summed E-state index contributed by atoms with van der Waals surface area (Å²) in [5.41, 5.74) is 3.21. The van der Waals surface area contributed by atoms with Crippen molar-refractivity contribution in [3.63, 3.8) is 0 Å². The Kier molecular flexibility index (Phi) is 3.81. The van der Waals surface area contributed by atoms with Crippen LogP contribution >= 0.6 is 22.9 Å². The van der Waals surface area contributed by atoms with E-state index in [4.69, 9.17) is 11.6 Å². The number of hydrogen-bond donors (Lipinski definition) is 1. The molecule has 0 aliphatic rings. The molecule has 2 rings (SSSR count). The van der Waals surface area contributed by atoms with Crippen molar-refractivity contribution >= 4 is 22.9 Å². The molecule has 0 fully saturated rings. The quantitative estimate of drug-likeness (QED) is 0.930. The lowest BCUT2D eigenvalue weighted by Crippen LogP contribution is -2.10. The van der Waals surface area contributed by atoms with Crippen LogP contribution in [-0.4, -0.2) is 19.9 Å². The van der Waals surface area contributed by atoms with E-state index < -0.39 is 6.10 Å². The molecule has 0 amide bonds. The van der Waals surface area contributed by atoms with E-state index in [0.717, 1.165) is 23.5 Å². The van der Waals surface area contributed by atoms with E-state index in [1.165, 1.54) is 11.3 Å². The van der Waals surface area contributed by atoms with Crippen molar-refractivity contribution in [1.29, 1.82) is 0 Å². The lowest BCUT2D eigenvalue weighted by molar-refractivity contribution is 0.210. The van der Waals surface area contributed by atoms with Crippen LogP contribution in [0.5, 0.6) is 0 Å². The monoisotopic (exact) mass is 271 g/mol. The predicted octanol–water partition coefficient (Wildman–Crippen LogP) is 2.79. The highest BCUT2D eigenvalue weighted by Gasteiger charge is 2.22. The van der Waals surface area contributed by atoms with Gasteiger partial charge >= 0.3 is 0 Å². The molecule has 1 atom stereocenters. The van der Waals surface area contributed by atoms with Gasteiger partial charge in [0.1, 0.15) is 6.10 Å². The lowest BCUT2D eigenvalue weighted by atomic mass is 10.2. The maximum absolute atomic E-state index is 10.4. The van der Waals surface area contributed by atoms with Gasteiger partial charge in [0.2, 0.25) is 0 Å². The highest BCUT2D eigenvalue weighted by atomic mass is 35.5. The van der Waals surface area contributed by atoms with Gasteiger partial charge in [-0.25, -0.2) is 4.98 Å². The standard InChI is InChI=1S/C11H14ClN3OS/c1-3-4-15-9(8(12)5-14-15)10(16)11-7(2)13-6-17-11/h5-6,10,16H,3-4H2,1-2H3. The molecule has 0 saturated heterocycles. The van der Waals surface area contributed by atoms with Crippen LogP contribution in [0.2, 0.25) is 5.02 Å². The van der Waals surface area contributed by atoms with E-state index in [9.17, 15) is 5.11 Å². The van der Waals surface area contributed by atoms with Crippen LogP contribution in [0.15, 0.2) is 11.7 Å². The fourth-order valence-electron chi connectivity index (χ4n) is 1.73. The number of thiazole rings is 1. The Balaban J connectivity index is 2.39. The summed E-state index contributed by atoms with van der Waals surface area (Å²) in [5, 5.41) is 15.0. The van der Waals surface area contributed by atoms with Gasteiger partial charge in [-0.3, -0.25) is 4.68 Å². The Labute approximate surface area is 109 Å². The molecule has 1 N–H and O–H groups in total. The molecular weight excluding hydrogens is 258 g/mol. The minimum Gasteiger partial charge on any atom is -0.381 e. The van der Waals surface area contributed by atoms with Gasteiger partial charge in [-0.1, -0.05) is 18.5 Å². The van der Waals surface area contributed by atoms with Gasteiger partial charge in [-0.15, -0.1) is 11.3 Å². The van der Waals surface area contributed by atoms with Crippen LogP contribution < -0.4 is 0 Å². The van der Waals surface area contributed by atoms with E-state index in [2.05, 4.69) is 17.0 Å². The minimum absolute atomic E-state index is 0.499. The zero-order valence-corrected chi connectivity index (χ0v) is 11.3. The van der Waals surface area contributed by atoms with Gasteiger partial charge in [0.15, 0.2) is 0 Å². The smallest absolute Gasteiger partial charge is 0.133 e. The summed E-state index contributed by atoms with van der Waals surface area (Å²) in [6.45, 7) is 4.68. The highest BCUT2D eigenvalue weighted by Crippen LogP contribution is 2.32. The molecule has 0 aliphatic carbocycles. The molecule has 92 valence electrons. The first-order valence-corrected chi connectivity index (χ1v) is 6.70. The number of hydrogen-bond acceptors (Lipinski definition) is 4. The Morgan fingerprint density at radius 1 is 1.59 bits per heavy atom. The van der Waals surface area contributed by atoms with Crippen LogP contribution in [0.4, 0.5) is 0 Å². The summed E-state index contributed by atoms with van der Waals surface area (Å²) in [6, 6.07) is 0. The zero-order chi connectivity index (χ0) is 12.4. The maximum atomic E-state index is 10.4. The summed E-state index contributed by atoms with van der Waals surface area (Å²) in [7, 11) is 0. The van der Waals surface area contributed by atoms with Gasteiger partial charge in [0.05, 0.1) is 33.0 Å². The largest absolute Gasteiger partial charge is 0.381 e. The first-order valence-electron chi connectivity index (χ1n) is 5.44. The molecule has 2 aromatic rings. The highest BCUT2D eigenvalue weighted by molar-refractivity contribution is 7.09. The number of rotatable bonds is 4. The van der Waals surface area contributed by atoms with E-state index >= 15 is 0 Å². The van der Waals surface area contributed by atoms with Crippen molar-refractivity contribution in [1.82, 2.24) is 14.8 Å². The molecule has 0 radical (unpaired) electrons. The second kappa shape index (κ2) is 5.16. The lowest BCUT2D eigenvalue weighted by Gasteiger charge is -2.12. The number of aliphatic hydroxyl groups excluding tert-OH is 1. The summed E-state index contributed by atoms with van der Waals surface area (Å²) >= 11 is 7.52. The molecule has 0 spiro atoms. The third-order valence-electron chi connectivity index (χ3n) is 2.56. The van der Waals surface area contributed by atoms with Crippen molar-refractivity contribution in [2.45, 2.75) is 32.9 Å². The Hall–Kier alpha value is -0.910. The molecule has 0 aromatic carbocycles. The Bertz CT molecular complexity index is 509. The summed E-state index contributed by atoms with van der Waals surface area (Å²) < 4.78 is 1.76. The average Bonchev–Trinajstić information content (AvgIpc) is 2.86. The van der Waals surface area contributed by atoms with Crippen LogP contribution in [0, 0.1) is 6.92 Å². The van der Waals surface area contributed by atoms with Crippen LogP contribution in [-0.2, 0) is 6.54 Å². The summed E-state index contributed by atoms with van der Waals surface area (Å²) in [4.78, 5) is 4.96. The summed E-state index contributed by atoms with van der Waals surface area (Å²) in [6.07, 6.45) is 1.77. The maximum Gasteiger partial charge on any atom is 0.133 e. The normalized spacial score (nSPS) is 12.9. The molecule has 2 aromatic heterocycles. The number of nitrogens with zero attached hydrogens (tertiary/aromatic N) is 3. The Morgan fingerprint density at radius 3 is 2.94 bits per heavy atom. The van der Waals surface area contributed by atoms with Crippen molar-refractivity contribution in [2.24, 2.45) is 0 Å². The van der Waals surface area contributed by atoms with Crippen molar-refractivity contribution < 1.29 is 5.11 Å². The minimum atomic E-state index is -0.746. The zero-order valence-electron chi connectivity index (χ0n) is 9.72. The molecule has 4 nitrogen and oxygen atoms in total. The predicted molar refractivity (Wildman–Crippen MR) is 68.4 cm³/mol. The molecule has 17 heavy (non-hydrogen) atoms. The van der Waals surface area contributed by atoms with Crippen LogP contribution in [0.1, 0.15) is 35.7 Å². The van der Waals surface area contributed by atoms with Gasteiger partial charge in [0, 0.05) is 6.54 Å².